The molecule has 0 aliphatic rings. The second kappa shape index (κ2) is 8.01. The number of esters is 1. The Labute approximate surface area is 109 Å². The fourth-order valence-electron chi connectivity index (χ4n) is 1.55. The molecule has 0 aromatic carbocycles. The van der Waals surface area contributed by atoms with E-state index < -0.39 is 11.9 Å². The van der Waals surface area contributed by atoms with Crippen molar-refractivity contribution in [3.63, 3.8) is 0 Å². The van der Waals surface area contributed by atoms with Gasteiger partial charge in [-0.05, 0) is 12.8 Å². The van der Waals surface area contributed by atoms with Crippen LogP contribution in [0.15, 0.2) is 0 Å². The third-order valence-electron chi connectivity index (χ3n) is 2.62. The lowest BCUT2D eigenvalue weighted by Gasteiger charge is -2.16. The summed E-state index contributed by atoms with van der Waals surface area (Å²) in [5.41, 5.74) is 0. The summed E-state index contributed by atoms with van der Waals surface area (Å²) >= 11 is 0. The highest BCUT2D eigenvalue weighted by molar-refractivity contribution is 6.02. The van der Waals surface area contributed by atoms with Gasteiger partial charge in [0.15, 0.2) is 0 Å². The fourth-order valence-corrected chi connectivity index (χ4v) is 1.55. The van der Waals surface area contributed by atoms with Crippen molar-refractivity contribution < 1.29 is 19.1 Å². The average molecular weight is 256 g/mol. The molecule has 4 heteroatoms. The number of carbonyl (C=O) groups excluding carboxylic acids is 3. The van der Waals surface area contributed by atoms with Gasteiger partial charge in [0.05, 0.1) is 6.61 Å². The first-order valence-corrected chi connectivity index (χ1v) is 6.51. The van der Waals surface area contributed by atoms with E-state index in [4.69, 9.17) is 4.74 Å². The van der Waals surface area contributed by atoms with Crippen LogP contribution in [0.1, 0.15) is 47.5 Å². The van der Waals surface area contributed by atoms with E-state index in [0.717, 1.165) is 0 Å². The molecule has 0 rings (SSSR count). The first-order valence-electron chi connectivity index (χ1n) is 6.51. The molecule has 0 saturated carbocycles. The van der Waals surface area contributed by atoms with Gasteiger partial charge in [-0.25, -0.2) is 0 Å². The first-order chi connectivity index (χ1) is 8.29. The molecule has 1 unspecified atom stereocenters. The summed E-state index contributed by atoms with van der Waals surface area (Å²) in [5, 5.41) is 0. The lowest BCUT2D eigenvalue weighted by molar-refractivity contribution is -0.153. The second-order valence-corrected chi connectivity index (χ2v) is 5.19. The molecule has 0 spiro atoms. The normalized spacial score (nSPS) is 12.6. The highest BCUT2D eigenvalue weighted by atomic mass is 16.5. The number of ketones is 2. The van der Waals surface area contributed by atoms with E-state index in [1.807, 2.05) is 13.8 Å². The Bertz CT molecular complexity index is 305. The van der Waals surface area contributed by atoms with Crippen LogP contribution in [-0.2, 0) is 19.1 Å². The van der Waals surface area contributed by atoms with Gasteiger partial charge in [0, 0.05) is 18.8 Å². The summed E-state index contributed by atoms with van der Waals surface area (Å²) in [5.74, 6) is -1.78. The summed E-state index contributed by atoms with van der Waals surface area (Å²) in [6, 6.07) is 0. The van der Waals surface area contributed by atoms with Crippen LogP contribution >= 0.6 is 0 Å². The number of hydrogen-bond acceptors (Lipinski definition) is 4. The van der Waals surface area contributed by atoms with Crippen LogP contribution in [0, 0.1) is 17.8 Å². The van der Waals surface area contributed by atoms with Gasteiger partial charge in [-0.3, -0.25) is 14.4 Å². The Morgan fingerprint density at radius 2 is 1.50 bits per heavy atom. The van der Waals surface area contributed by atoms with Crippen LogP contribution in [0.4, 0.5) is 0 Å². The third kappa shape index (κ3) is 5.94. The minimum absolute atomic E-state index is 0.0396. The minimum Gasteiger partial charge on any atom is -0.465 e. The van der Waals surface area contributed by atoms with E-state index in [1.54, 1.807) is 20.8 Å². The molecule has 0 fully saturated rings. The van der Waals surface area contributed by atoms with Crippen LogP contribution < -0.4 is 0 Å². The molecule has 4 nitrogen and oxygen atoms in total. The van der Waals surface area contributed by atoms with Crippen molar-refractivity contribution in [3.05, 3.63) is 0 Å². The first kappa shape index (κ1) is 16.8. The molecular weight excluding hydrogens is 232 g/mol. The highest BCUT2D eigenvalue weighted by Crippen LogP contribution is 2.16. The maximum absolute atomic E-state index is 12.0. The number of hydrogen-bond donors (Lipinski definition) is 0. The van der Waals surface area contributed by atoms with Crippen molar-refractivity contribution in [1.29, 1.82) is 0 Å². The molecule has 0 radical (unpaired) electrons. The van der Waals surface area contributed by atoms with Crippen molar-refractivity contribution in [1.82, 2.24) is 0 Å². The Hall–Kier alpha value is -1.19. The van der Waals surface area contributed by atoms with Gasteiger partial charge in [-0.1, -0.05) is 27.7 Å². The number of Topliss-reactive ketones (excluding diaryl/α,β-unsaturated/α-hetero) is 2. The van der Waals surface area contributed by atoms with E-state index >= 15 is 0 Å². The van der Waals surface area contributed by atoms with Gasteiger partial charge in [0.2, 0.25) is 0 Å². The van der Waals surface area contributed by atoms with Crippen LogP contribution in [0.2, 0.25) is 0 Å². The molecule has 104 valence electrons. The second-order valence-electron chi connectivity index (χ2n) is 5.19. The van der Waals surface area contributed by atoms with Crippen molar-refractivity contribution >= 4 is 17.5 Å². The predicted octanol–water partition coefficient (Wildman–Crippen LogP) is 2.40. The highest BCUT2D eigenvalue weighted by Gasteiger charge is 2.31. The van der Waals surface area contributed by atoms with Crippen molar-refractivity contribution in [3.8, 4) is 0 Å². The fraction of sp³-hybridized carbons (Fsp3) is 0.786. The maximum Gasteiger partial charge on any atom is 0.316 e. The molecule has 0 saturated heterocycles. The largest absolute Gasteiger partial charge is 0.465 e. The molecule has 0 N–H and O–H groups in total. The number of carbonyl (C=O) groups is 3. The Morgan fingerprint density at radius 3 is 1.89 bits per heavy atom. The summed E-state index contributed by atoms with van der Waals surface area (Å²) in [7, 11) is 0. The lowest BCUT2D eigenvalue weighted by atomic mass is 9.89. The van der Waals surface area contributed by atoms with Crippen molar-refractivity contribution in [2.24, 2.45) is 17.8 Å². The zero-order valence-electron chi connectivity index (χ0n) is 12.0. The standard InChI is InChI=1S/C14H24O4/c1-6-18-14(17)11(8-12(15)10(4)5)13(16)7-9(2)3/h9-11H,6-8H2,1-5H3. The molecule has 0 aliphatic carbocycles. The van der Waals surface area contributed by atoms with E-state index in [9.17, 15) is 14.4 Å². The average Bonchev–Trinajstić information content (AvgIpc) is 2.24. The topological polar surface area (TPSA) is 60.4 Å². The van der Waals surface area contributed by atoms with Gasteiger partial charge < -0.3 is 4.74 Å². The van der Waals surface area contributed by atoms with Crippen LogP contribution in [-0.4, -0.2) is 24.1 Å². The monoisotopic (exact) mass is 256 g/mol. The van der Waals surface area contributed by atoms with E-state index in [-0.39, 0.29) is 36.4 Å². The molecular formula is C14H24O4. The summed E-state index contributed by atoms with van der Waals surface area (Å²) < 4.78 is 4.88. The molecule has 0 aliphatic heterocycles. The van der Waals surface area contributed by atoms with E-state index in [2.05, 4.69) is 0 Å². The molecule has 0 amide bonds. The summed E-state index contributed by atoms with van der Waals surface area (Å²) in [6.07, 6.45) is 0.261. The van der Waals surface area contributed by atoms with E-state index in [0.29, 0.717) is 6.42 Å². The molecule has 0 heterocycles. The molecule has 0 bridgehead atoms. The number of rotatable bonds is 8. The quantitative estimate of drug-likeness (QED) is 0.494. The van der Waals surface area contributed by atoms with Gasteiger partial charge in [-0.15, -0.1) is 0 Å². The molecule has 0 aromatic rings. The Balaban J connectivity index is 4.77. The van der Waals surface area contributed by atoms with Crippen LogP contribution in [0.5, 0.6) is 0 Å². The summed E-state index contributed by atoms with van der Waals surface area (Å²) in [4.78, 5) is 35.4. The zero-order valence-corrected chi connectivity index (χ0v) is 12.0. The molecule has 0 aromatic heterocycles. The summed E-state index contributed by atoms with van der Waals surface area (Å²) in [6.45, 7) is 9.25. The maximum atomic E-state index is 12.0. The van der Waals surface area contributed by atoms with Gasteiger partial charge in [0.1, 0.15) is 17.5 Å². The molecule has 1 atom stereocenters. The van der Waals surface area contributed by atoms with Crippen molar-refractivity contribution in [2.75, 3.05) is 6.61 Å². The predicted molar refractivity (Wildman–Crippen MR) is 69.0 cm³/mol. The van der Waals surface area contributed by atoms with E-state index in [1.165, 1.54) is 0 Å². The van der Waals surface area contributed by atoms with Gasteiger partial charge >= 0.3 is 5.97 Å². The molecule has 18 heavy (non-hydrogen) atoms. The van der Waals surface area contributed by atoms with Crippen molar-refractivity contribution in [2.45, 2.75) is 47.5 Å². The smallest absolute Gasteiger partial charge is 0.316 e. The van der Waals surface area contributed by atoms with Crippen LogP contribution in [0.25, 0.3) is 0 Å². The lowest BCUT2D eigenvalue weighted by Crippen LogP contribution is -2.30. The Kier molecular flexibility index (Phi) is 7.48. The minimum atomic E-state index is -0.928. The Morgan fingerprint density at radius 1 is 0.944 bits per heavy atom. The van der Waals surface area contributed by atoms with Gasteiger partial charge in [-0.2, -0.15) is 0 Å². The van der Waals surface area contributed by atoms with Crippen LogP contribution in [0.3, 0.4) is 0 Å². The third-order valence-corrected chi connectivity index (χ3v) is 2.62. The SMILES string of the molecule is CCOC(=O)C(CC(=O)C(C)C)C(=O)CC(C)C. The zero-order chi connectivity index (χ0) is 14.3. The van der Waals surface area contributed by atoms with Gasteiger partial charge in [0.25, 0.3) is 0 Å². The number of ether oxygens (including phenoxy) is 1.